The van der Waals surface area contributed by atoms with E-state index in [2.05, 4.69) is 48.7 Å². The molecule has 0 amide bonds. The number of hydrogen-bond acceptors (Lipinski definition) is 2. The molecular formula is C17H21ClN2. The molecule has 3 N–H and O–H groups in total. The predicted molar refractivity (Wildman–Crippen MR) is 85.9 cm³/mol. The summed E-state index contributed by atoms with van der Waals surface area (Å²) in [5.74, 6) is 5.69. The summed E-state index contributed by atoms with van der Waals surface area (Å²) in [6.45, 7) is 4.13. The molecule has 2 rings (SSSR count). The van der Waals surface area contributed by atoms with Gasteiger partial charge in [-0.1, -0.05) is 53.6 Å². The second-order valence-corrected chi connectivity index (χ2v) is 5.76. The van der Waals surface area contributed by atoms with Crippen LogP contribution in [0, 0.1) is 13.8 Å². The third kappa shape index (κ3) is 4.07. The summed E-state index contributed by atoms with van der Waals surface area (Å²) in [5.41, 5.74) is 7.75. The van der Waals surface area contributed by atoms with Gasteiger partial charge in [-0.2, -0.15) is 0 Å². The van der Waals surface area contributed by atoms with Gasteiger partial charge in [0.15, 0.2) is 0 Å². The topological polar surface area (TPSA) is 38.0 Å². The second kappa shape index (κ2) is 6.89. The molecule has 0 bridgehead atoms. The van der Waals surface area contributed by atoms with Crippen molar-refractivity contribution < 1.29 is 0 Å². The Hall–Kier alpha value is -1.35. The maximum atomic E-state index is 6.29. The zero-order valence-electron chi connectivity index (χ0n) is 12.0. The van der Waals surface area contributed by atoms with Crippen LogP contribution in [0.25, 0.3) is 0 Å². The van der Waals surface area contributed by atoms with Crippen LogP contribution in [0.4, 0.5) is 0 Å². The van der Waals surface area contributed by atoms with E-state index in [0.29, 0.717) is 0 Å². The van der Waals surface area contributed by atoms with E-state index < -0.39 is 0 Å². The fourth-order valence-electron chi connectivity index (χ4n) is 2.28. The lowest BCUT2D eigenvalue weighted by atomic mass is 9.98. The van der Waals surface area contributed by atoms with E-state index in [9.17, 15) is 0 Å². The molecule has 0 aliphatic heterocycles. The molecule has 0 radical (unpaired) electrons. The summed E-state index contributed by atoms with van der Waals surface area (Å²) in [6, 6.07) is 14.9. The first-order chi connectivity index (χ1) is 9.58. The maximum Gasteiger partial charge on any atom is 0.0441 e. The fraction of sp³-hybridized carbons (Fsp3) is 0.294. The van der Waals surface area contributed by atoms with E-state index in [1.54, 1.807) is 0 Å². The van der Waals surface area contributed by atoms with E-state index in [1.165, 1.54) is 16.7 Å². The van der Waals surface area contributed by atoms with Crippen LogP contribution in [-0.4, -0.2) is 6.04 Å². The van der Waals surface area contributed by atoms with Crippen LogP contribution in [0.15, 0.2) is 42.5 Å². The fourth-order valence-corrected chi connectivity index (χ4v) is 2.59. The molecule has 0 aliphatic rings. The highest BCUT2D eigenvalue weighted by atomic mass is 35.5. The number of nitrogens with two attached hydrogens (primary N) is 1. The zero-order chi connectivity index (χ0) is 14.5. The third-order valence-electron chi connectivity index (χ3n) is 3.51. The van der Waals surface area contributed by atoms with Gasteiger partial charge in [0.05, 0.1) is 0 Å². The van der Waals surface area contributed by atoms with Crippen molar-refractivity contribution in [2.24, 2.45) is 5.84 Å². The van der Waals surface area contributed by atoms with Crippen LogP contribution >= 0.6 is 11.6 Å². The van der Waals surface area contributed by atoms with Gasteiger partial charge in [-0.25, -0.2) is 0 Å². The van der Waals surface area contributed by atoms with Gasteiger partial charge in [-0.3, -0.25) is 11.3 Å². The normalized spacial score (nSPS) is 12.4. The quantitative estimate of drug-likeness (QED) is 0.652. The molecular weight excluding hydrogens is 268 g/mol. The molecule has 0 aromatic heterocycles. The van der Waals surface area contributed by atoms with E-state index in [4.69, 9.17) is 17.4 Å². The Morgan fingerprint density at radius 1 is 1.00 bits per heavy atom. The van der Waals surface area contributed by atoms with Gasteiger partial charge in [0.25, 0.3) is 0 Å². The smallest absolute Gasteiger partial charge is 0.0441 e. The molecule has 20 heavy (non-hydrogen) atoms. The van der Waals surface area contributed by atoms with E-state index in [0.717, 1.165) is 23.4 Å². The van der Waals surface area contributed by atoms with Crippen LogP contribution in [-0.2, 0) is 12.8 Å². The summed E-state index contributed by atoms with van der Waals surface area (Å²) in [6.07, 6.45) is 1.71. The lowest BCUT2D eigenvalue weighted by Gasteiger charge is -2.17. The second-order valence-electron chi connectivity index (χ2n) is 5.35. The average Bonchev–Trinajstić information content (AvgIpc) is 2.43. The van der Waals surface area contributed by atoms with Crippen molar-refractivity contribution in [2.45, 2.75) is 32.7 Å². The number of hydrazine groups is 1. The lowest BCUT2D eigenvalue weighted by Crippen LogP contribution is -2.38. The average molecular weight is 289 g/mol. The number of nitrogens with one attached hydrogen (secondary N) is 1. The minimum Gasteiger partial charge on any atom is -0.271 e. The van der Waals surface area contributed by atoms with E-state index in [1.807, 2.05) is 13.0 Å². The zero-order valence-corrected chi connectivity index (χ0v) is 12.7. The Labute approximate surface area is 125 Å². The Kier molecular flexibility index (Phi) is 5.18. The number of hydrogen-bond donors (Lipinski definition) is 2. The third-order valence-corrected chi connectivity index (χ3v) is 3.87. The highest BCUT2D eigenvalue weighted by Gasteiger charge is 2.11. The first-order valence-corrected chi connectivity index (χ1v) is 7.23. The molecule has 0 heterocycles. The van der Waals surface area contributed by atoms with Crippen LogP contribution in [0.1, 0.15) is 22.3 Å². The van der Waals surface area contributed by atoms with Crippen LogP contribution in [0.3, 0.4) is 0 Å². The molecule has 0 saturated heterocycles. The van der Waals surface area contributed by atoms with Gasteiger partial charge in [0.2, 0.25) is 0 Å². The predicted octanol–water partition coefficient (Wildman–Crippen LogP) is 3.57. The van der Waals surface area contributed by atoms with Crippen molar-refractivity contribution in [3.8, 4) is 0 Å². The molecule has 3 heteroatoms. The Morgan fingerprint density at radius 3 is 2.25 bits per heavy atom. The minimum atomic E-state index is 0.179. The van der Waals surface area contributed by atoms with Crippen molar-refractivity contribution in [1.82, 2.24) is 5.43 Å². The number of benzene rings is 2. The number of halogens is 1. The Morgan fingerprint density at radius 2 is 1.65 bits per heavy atom. The van der Waals surface area contributed by atoms with Gasteiger partial charge < -0.3 is 0 Å². The molecule has 0 saturated carbocycles. The van der Waals surface area contributed by atoms with Gasteiger partial charge in [-0.05, 0) is 49.4 Å². The standard InChI is InChI=1S/C17H21ClN2/c1-12-3-6-14(7-4-12)10-16(20-19)11-15-8-5-13(2)9-17(15)18/h3-9,16,20H,10-11,19H2,1-2H3. The molecule has 0 spiro atoms. The molecule has 2 aromatic rings. The minimum absolute atomic E-state index is 0.179. The highest BCUT2D eigenvalue weighted by Crippen LogP contribution is 2.20. The SMILES string of the molecule is Cc1ccc(CC(Cc2ccc(C)cc2Cl)NN)cc1. The van der Waals surface area contributed by atoms with Crippen LogP contribution in [0.2, 0.25) is 5.02 Å². The van der Waals surface area contributed by atoms with Crippen molar-refractivity contribution in [3.05, 3.63) is 69.7 Å². The summed E-state index contributed by atoms with van der Waals surface area (Å²) >= 11 is 6.29. The maximum absolute atomic E-state index is 6.29. The molecule has 106 valence electrons. The first-order valence-electron chi connectivity index (χ1n) is 6.85. The van der Waals surface area contributed by atoms with Crippen molar-refractivity contribution in [2.75, 3.05) is 0 Å². The summed E-state index contributed by atoms with van der Waals surface area (Å²) < 4.78 is 0. The molecule has 1 atom stereocenters. The number of aryl methyl sites for hydroxylation is 2. The van der Waals surface area contributed by atoms with Crippen molar-refractivity contribution in [1.29, 1.82) is 0 Å². The summed E-state index contributed by atoms with van der Waals surface area (Å²) in [5, 5.41) is 0.814. The largest absolute Gasteiger partial charge is 0.271 e. The highest BCUT2D eigenvalue weighted by molar-refractivity contribution is 6.31. The number of rotatable bonds is 5. The van der Waals surface area contributed by atoms with Gasteiger partial charge in [0, 0.05) is 11.1 Å². The van der Waals surface area contributed by atoms with Gasteiger partial charge in [0.1, 0.15) is 0 Å². The molecule has 1 unspecified atom stereocenters. The van der Waals surface area contributed by atoms with Crippen molar-refractivity contribution >= 4 is 11.6 Å². The Bertz CT molecular complexity index is 564. The van der Waals surface area contributed by atoms with Gasteiger partial charge in [-0.15, -0.1) is 0 Å². The van der Waals surface area contributed by atoms with Crippen LogP contribution in [0.5, 0.6) is 0 Å². The van der Waals surface area contributed by atoms with E-state index >= 15 is 0 Å². The van der Waals surface area contributed by atoms with Crippen molar-refractivity contribution in [3.63, 3.8) is 0 Å². The van der Waals surface area contributed by atoms with Crippen LogP contribution < -0.4 is 11.3 Å². The molecule has 2 aromatic carbocycles. The Balaban J connectivity index is 2.07. The van der Waals surface area contributed by atoms with E-state index in [-0.39, 0.29) is 6.04 Å². The summed E-state index contributed by atoms with van der Waals surface area (Å²) in [7, 11) is 0. The lowest BCUT2D eigenvalue weighted by molar-refractivity contribution is 0.522. The molecule has 0 aliphatic carbocycles. The monoisotopic (exact) mass is 288 g/mol. The first kappa shape index (κ1) is 15.0. The summed E-state index contributed by atoms with van der Waals surface area (Å²) in [4.78, 5) is 0. The molecule has 0 fully saturated rings. The van der Waals surface area contributed by atoms with Gasteiger partial charge >= 0.3 is 0 Å². The molecule has 2 nitrogen and oxygen atoms in total.